The van der Waals surface area contributed by atoms with Crippen LogP contribution < -0.4 is 0 Å². The lowest BCUT2D eigenvalue weighted by molar-refractivity contribution is 0.339. The minimum Gasteiger partial charge on any atom is -0.263 e. The van der Waals surface area contributed by atoms with Crippen molar-refractivity contribution >= 4 is 31.7 Å². The van der Waals surface area contributed by atoms with Gasteiger partial charge < -0.3 is 0 Å². The molecule has 10 nitrogen and oxygen atoms in total. The van der Waals surface area contributed by atoms with Crippen molar-refractivity contribution in [3.63, 3.8) is 0 Å². The highest BCUT2D eigenvalue weighted by atomic mass is 32.2. The first-order chi connectivity index (χ1) is 16.2. The molecule has 0 aliphatic rings. The van der Waals surface area contributed by atoms with Crippen LogP contribution in [0.4, 0.5) is 0 Å². The summed E-state index contributed by atoms with van der Waals surface area (Å²) in [6, 6.07) is 16.0. The molecule has 34 heavy (non-hydrogen) atoms. The van der Waals surface area contributed by atoms with Crippen LogP contribution in [0.25, 0.3) is 0 Å². The van der Waals surface area contributed by atoms with Gasteiger partial charge in [0.15, 0.2) is 11.4 Å². The minimum absolute atomic E-state index is 0.140. The second-order valence-corrected chi connectivity index (χ2v) is 9.12. The maximum absolute atomic E-state index is 12.2. The number of nitrogens with zero attached hydrogens (tertiary/aromatic N) is 4. The molecule has 2 aromatic carbocycles. The van der Waals surface area contributed by atoms with Gasteiger partial charge in [0.25, 0.3) is 0 Å². The number of allylic oxidation sites excluding steroid dienone is 3. The van der Waals surface area contributed by atoms with Crippen LogP contribution in [0, 0.1) is 22.7 Å². The number of hydrogen-bond donors (Lipinski definition) is 0. The first-order valence-corrected chi connectivity index (χ1v) is 11.9. The predicted molar refractivity (Wildman–Crippen MR) is 124 cm³/mol. The van der Waals surface area contributed by atoms with Crippen molar-refractivity contribution in [2.24, 2.45) is 10.3 Å². The van der Waals surface area contributed by atoms with Crippen LogP contribution in [-0.4, -0.2) is 28.3 Å². The summed E-state index contributed by atoms with van der Waals surface area (Å²) in [6.07, 6.45) is 3.38. The Morgan fingerprint density at radius 2 is 1.32 bits per heavy atom. The van der Waals surface area contributed by atoms with Gasteiger partial charge in [0.05, 0.1) is 0 Å². The highest BCUT2D eigenvalue weighted by Crippen LogP contribution is 2.15. The van der Waals surface area contributed by atoms with Crippen molar-refractivity contribution < 1.29 is 25.4 Å². The Balaban J connectivity index is 2.27. The smallest absolute Gasteiger partial charge is 0.263 e. The van der Waals surface area contributed by atoms with Crippen LogP contribution in [0.3, 0.4) is 0 Å². The van der Waals surface area contributed by atoms with Gasteiger partial charge >= 0.3 is 20.2 Å². The molecule has 172 valence electrons. The third-order valence-electron chi connectivity index (χ3n) is 3.90. The van der Waals surface area contributed by atoms with Crippen molar-refractivity contribution in [3.05, 3.63) is 102 Å². The van der Waals surface area contributed by atoms with Crippen LogP contribution in [0.2, 0.25) is 0 Å². The maximum Gasteiger partial charge on any atom is 0.358 e. The van der Waals surface area contributed by atoms with Gasteiger partial charge in [-0.2, -0.15) is 27.4 Å². The normalized spacial score (nSPS) is 12.7. The number of benzene rings is 2. The largest absolute Gasteiger partial charge is 0.358 e. The van der Waals surface area contributed by atoms with Crippen LogP contribution in [-0.2, 0) is 28.8 Å². The van der Waals surface area contributed by atoms with Gasteiger partial charge in [-0.25, -0.2) is 0 Å². The predicted octanol–water partition coefficient (Wildman–Crippen LogP) is 3.15. The van der Waals surface area contributed by atoms with Crippen LogP contribution >= 0.6 is 0 Å². The second-order valence-electron chi connectivity index (χ2n) is 6.06. The van der Waals surface area contributed by atoms with Crippen molar-refractivity contribution in [3.8, 4) is 12.1 Å². The molecule has 0 spiro atoms. The van der Waals surface area contributed by atoms with E-state index < -0.39 is 20.2 Å². The van der Waals surface area contributed by atoms with Gasteiger partial charge in [0, 0.05) is 11.1 Å². The summed E-state index contributed by atoms with van der Waals surface area (Å²) in [7, 11) is -8.55. The standard InChI is InChI=1S/C22H16N4O6S2/c1-3-8-19(4-2)33(27,28)31-25-21(15-23)17-11-13-18(14-12-17)22(16-24)26-32-34(29,30)20-9-6-5-7-10-20/h3-14H,1-2H2/b19-8+,25-21?,26-22?. The van der Waals surface area contributed by atoms with E-state index in [0.717, 1.165) is 12.2 Å². The Bertz CT molecular complexity index is 1460. The quantitative estimate of drug-likeness (QED) is 0.275. The number of oxime groups is 2. The first-order valence-electron chi connectivity index (χ1n) is 9.13. The van der Waals surface area contributed by atoms with Gasteiger partial charge in [-0.1, -0.05) is 72.0 Å². The Morgan fingerprint density at radius 1 is 0.824 bits per heavy atom. The van der Waals surface area contributed by atoms with Gasteiger partial charge in [0.2, 0.25) is 0 Å². The zero-order valence-corrected chi connectivity index (χ0v) is 19.0. The molecule has 0 radical (unpaired) electrons. The van der Waals surface area contributed by atoms with E-state index in [1.165, 1.54) is 54.6 Å². The number of rotatable bonds is 10. The van der Waals surface area contributed by atoms with Crippen molar-refractivity contribution in [1.82, 2.24) is 0 Å². The highest BCUT2D eigenvalue weighted by molar-refractivity contribution is 7.90. The molecule has 0 heterocycles. The van der Waals surface area contributed by atoms with Crippen molar-refractivity contribution in [2.45, 2.75) is 4.90 Å². The molecule has 0 amide bonds. The summed E-state index contributed by atoms with van der Waals surface area (Å²) in [4.78, 5) is -0.446. The summed E-state index contributed by atoms with van der Waals surface area (Å²) in [5.41, 5.74) is -0.409. The van der Waals surface area contributed by atoms with E-state index >= 15 is 0 Å². The fourth-order valence-corrected chi connectivity index (χ4v) is 3.75. The number of hydrogen-bond acceptors (Lipinski definition) is 10. The Kier molecular flexibility index (Phi) is 8.61. The molecule has 0 aliphatic carbocycles. The molecule has 12 heteroatoms. The molecule has 0 fully saturated rings. The molecule has 0 bridgehead atoms. The molecule has 0 aliphatic heterocycles. The minimum atomic E-state index is -4.32. The van der Waals surface area contributed by atoms with Crippen LogP contribution in [0.1, 0.15) is 11.1 Å². The lowest BCUT2D eigenvalue weighted by atomic mass is 10.1. The summed E-state index contributed by atoms with van der Waals surface area (Å²) in [5.74, 6) is 0. The molecule has 2 rings (SSSR count). The van der Waals surface area contributed by atoms with E-state index in [9.17, 15) is 27.4 Å². The SMILES string of the molecule is C=C/C=C(\C=C)S(=O)(=O)ON=C(C#N)c1ccc(C(C#N)=NOS(=O)(=O)c2ccccc2)cc1. The van der Waals surface area contributed by atoms with E-state index in [1.54, 1.807) is 18.2 Å². The summed E-state index contributed by atoms with van der Waals surface area (Å²) < 4.78 is 57.7. The molecule has 0 saturated heterocycles. The first kappa shape index (κ1) is 25.7. The average molecular weight is 497 g/mol. The third-order valence-corrected chi connectivity index (χ3v) is 6.17. The molecule has 0 unspecified atom stereocenters. The molecule has 2 aromatic rings. The third kappa shape index (κ3) is 6.49. The fourth-order valence-electron chi connectivity index (χ4n) is 2.28. The van der Waals surface area contributed by atoms with Gasteiger partial charge in [0.1, 0.15) is 21.9 Å². The average Bonchev–Trinajstić information content (AvgIpc) is 2.84. The Morgan fingerprint density at radius 3 is 1.76 bits per heavy atom. The van der Waals surface area contributed by atoms with E-state index in [-0.39, 0.29) is 32.4 Å². The van der Waals surface area contributed by atoms with Crippen LogP contribution in [0.15, 0.2) is 106 Å². The lowest BCUT2D eigenvalue weighted by Gasteiger charge is -2.04. The highest BCUT2D eigenvalue weighted by Gasteiger charge is 2.18. The van der Waals surface area contributed by atoms with E-state index in [2.05, 4.69) is 32.0 Å². The van der Waals surface area contributed by atoms with E-state index in [0.29, 0.717) is 0 Å². The monoisotopic (exact) mass is 496 g/mol. The molecule has 0 aromatic heterocycles. The zero-order valence-electron chi connectivity index (χ0n) is 17.4. The molecule has 0 atom stereocenters. The Labute approximate surface area is 196 Å². The van der Waals surface area contributed by atoms with Crippen LogP contribution in [0.5, 0.6) is 0 Å². The summed E-state index contributed by atoms with van der Waals surface area (Å²) in [5, 5.41) is 25.4. The molecular formula is C22H16N4O6S2. The van der Waals surface area contributed by atoms with Gasteiger partial charge in [-0.3, -0.25) is 8.57 Å². The van der Waals surface area contributed by atoms with Crippen molar-refractivity contribution in [2.75, 3.05) is 0 Å². The summed E-state index contributed by atoms with van der Waals surface area (Å²) >= 11 is 0. The molecule has 0 N–H and O–H groups in total. The van der Waals surface area contributed by atoms with Gasteiger partial charge in [-0.05, 0) is 24.3 Å². The maximum atomic E-state index is 12.2. The van der Waals surface area contributed by atoms with Gasteiger partial charge in [-0.15, -0.1) is 0 Å². The second kappa shape index (κ2) is 11.4. The Hall–Kier alpha value is -4.52. The molecule has 0 saturated carbocycles. The fraction of sp³-hybridized carbons (Fsp3) is 0. The zero-order chi connectivity index (χ0) is 25.2. The number of nitriles is 2. The topological polar surface area (TPSA) is 159 Å². The van der Waals surface area contributed by atoms with E-state index in [1.807, 2.05) is 0 Å². The molecular weight excluding hydrogens is 480 g/mol. The van der Waals surface area contributed by atoms with E-state index in [4.69, 9.17) is 0 Å². The summed E-state index contributed by atoms with van der Waals surface area (Å²) in [6.45, 7) is 6.74. The van der Waals surface area contributed by atoms with Crippen molar-refractivity contribution in [1.29, 1.82) is 10.5 Å². The lowest BCUT2D eigenvalue weighted by Crippen LogP contribution is -2.08.